The monoisotopic (exact) mass is 503 g/mol. The zero-order valence-electron chi connectivity index (χ0n) is 20.9. The van der Waals surface area contributed by atoms with Crippen molar-refractivity contribution in [3.8, 4) is 0 Å². The molecule has 2 fully saturated rings. The summed E-state index contributed by atoms with van der Waals surface area (Å²) < 4.78 is 16.3. The van der Waals surface area contributed by atoms with E-state index in [1.807, 2.05) is 35.0 Å². The van der Waals surface area contributed by atoms with Gasteiger partial charge in [-0.3, -0.25) is 9.69 Å². The molecule has 2 atom stereocenters. The molecule has 0 bridgehead atoms. The average molecular weight is 504 g/mol. The van der Waals surface area contributed by atoms with Gasteiger partial charge in [0, 0.05) is 57.3 Å². The van der Waals surface area contributed by atoms with Crippen molar-refractivity contribution in [1.29, 1.82) is 0 Å². The number of hydrogen-bond acceptors (Lipinski definition) is 4. The van der Waals surface area contributed by atoms with E-state index in [0.29, 0.717) is 26.1 Å². The highest BCUT2D eigenvalue weighted by atomic mass is 32.2. The van der Waals surface area contributed by atoms with Gasteiger partial charge >= 0.3 is 0 Å². The van der Waals surface area contributed by atoms with Crippen molar-refractivity contribution in [2.75, 3.05) is 39.0 Å². The van der Waals surface area contributed by atoms with Crippen molar-refractivity contribution in [2.24, 2.45) is 5.92 Å². The van der Waals surface area contributed by atoms with E-state index in [-0.39, 0.29) is 17.4 Å². The van der Waals surface area contributed by atoms with Crippen LogP contribution in [0.3, 0.4) is 0 Å². The number of aromatic nitrogens is 2. The van der Waals surface area contributed by atoms with E-state index < -0.39 is 11.0 Å². The number of rotatable bonds is 10. The van der Waals surface area contributed by atoms with E-state index in [9.17, 15) is 9.00 Å². The molecule has 3 N–H and O–H groups in total. The Hall–Kier alpha value is -2.07. The first-order valence-corrected chi connectivity index (χ1v) is 14.2. The van der Waals surface area contributed by atoms with Gasteiger partial charge in [0.2, 0.25) is 5.91 Å². The van der Waals surface area contributed by atoms with Crippen LogP contribution in [-0.2, 0) is 28.7 Å². The average Bonchev–Trinajstić information content (AvgIpc) is 3.30. The second-order valence-corrected chi connectivity index (χ2v) is 11.0. The van der Waals surface area contributed by atoms with E-state index >= 15 is 0 Å². The number of amides is 1. The van der Waals surface area contributed by atoms with Crippen LogP contribution in [0.5, 0.6) is 0 Å². The summed E-state index contributed by atoms with van der Waals surface area (Å²) in [5, 5.41) is 3.11. The van der Waals surface area contributed by atoms with Gasteiger partial charge in [0.1, 0.15) is 6.04 Å². The Kier molecular flexibility index (Phi) is 10.9. The van der Waals surface area contributed by atoms with Gasteiger partial charge in [0.15, 0.2) is 0 Å². The summed E-state index contributed by atoms with van der Waals surface area (Å²) in [6.45, 7) is 4.57. The van der Waals surface area contributed by atoms with Gasteiger partial charge in [0.25, 0.3) is 0 Å². The van der Waals surface area contributed by atoms with Crippen molar-refractivity contribution in [3.63, 3.8) is 0 Å². The molecule has 2 aromatic rings. The molecule has 1 saturated carbocycles. The van der Waals surface area contributed by atoms with Gasteiger partial charge in [-0.2, -0.15) is 0 Å². The zero-order valence-corrected chi connectivity index (χ0v) is 21.7. The van der Waals surface area contributed by atoms with Crippen molar-refractivity contribution in [2.45, 2.75) is 57.5 Å². The SMILES string of the molecule is CS(=O)N1CCN(CCC2CCCCC2)CC1C(=O)NCCc1cncn1Cc1ccccc1.O. The molecule has 9 heteroatoms. The van der Waals surface area contributed by atoms with Crippen LogP contribution in [0, 0.1) is 5.92 Å². The Morgan fingerprint density at radius 1 is 1.14 bits per heavy atom. The summed E-state index contributed by atoms with van der Waals surface area (Å²) in [6, 6.07) is 9.95. The van der Waals surface area contributed by atoms with Crippen LogP contribution in [0.25, 0.3) is 0 Å². The summed E-state index contributed by atoms with van der Waals surface area (Å²) in [4.78, 5) is 19.8. The lowest BCUT2D eigenvalue weighted by Crippen LogP contribution is -2.59. The molecule has 8 nitrogen and oxygen atoms in total. The molecule has 1 saturated heterocycles. The maximum Gasteiger partial charge on any atom is 0.239 e. The molecule has 35 heavy (non-hydrogen) atoms. The van der Waals surface area contributed by atoms with Gasteiger partial charge in [0.05, 0.1) is 17.3 Å². The lowest BCUT2D eigenvalue weighted by molar-refractivity contribution is -0.126. The van der Waals surface area contributed by atoms with Gasteiger partial charge in [-0.15, -0.1) is 0 Å². The standard InChI is InChI=1S/C26H39N5O2S.H2O/c1-34(33)31-17-16-29(15-13-22-8-4-2-5-9-22)20-25(31)26(32)28-14-12-24-18-27-21-30(24)19-23-10-6-3-7-11-23;/h3,6-7,10-11,18,21-22,25H,2,4-5,8-9,12-17,19-20H2,1H3,(H,28,32);1H2. The van der Waals surface area contributed by atoms with Crippen LogP contribution >= 0.6 is 0 Å². The molecule has 1 amide bonds. The maximum absolute atomic E-state index is 13.1. The summed E-state index contributed by atoms with van der Waals surface area (Å²) >= 11 is 0. The highest BCUT2D eigenvalue weighted by molar-refractivity contribution is 7.81. The first kappa shape index (κ1) is 27.5. The topological polar surface area (TPSA) is 102 Å². The third kappa shape index (κ3) is 7.96. The van der Waals surface area contributed by atoms with Crippen molar-refractivity contribution < 1.29 is 14.5 Å². The Balaban J connectivity index is 0.00000342. The van der Waals surface area contributed by atoms with E-state index in [4.69, 9.17) is 0 Å². The minimum atomic E-state index is -1.16. The molecule has 4 rings (SSSR count). The minimum Gasteiger partial charge on any atom is -0.412 e. The molecule has 2 heterocycles. The van der Waals surface area contributed by atoms with Crippen LogP contribution < -0.4 is 5.32 Å². The quantitative estimate of drug-likeness (QED) is 0.536. The van der Waals surface area contributed by atoms with Gasteiger partial charge < -0.3 is 15.4 Å². The highest BCUT2D eigenvalue weighted by Gasteiger charge is 2.34. The summed E-state index contributed by atoms with van der Waals surface area (Å²) in [5.41, 5.74) is 2.32. The summed E-state index contributed by atoms with van der Waals surface area (Å²) in [7, 11) is -1.16. The molecular formula is C26H41N5O3S. The fourth-order valence-electron chi connectivity index (χ4n) is 5.30. The van der Waals surface area contributed by atoms with E-state index in [0.717, 1.165) is 31.2 Å². The van der Waals surface area contributed by atoms with Crippen LogP contribution in [0.2, 0.25) is 0 Å². The first-order valence-electron chi connectivity index (χ1n) is 12.7. The van der Waals surface area contributed by atoms with E-state index in [2.05, 4.69) is 31.9 Å². The highest BCUT2D eigenvalue weighted by Crippen LogP contribution is 2.26. The van der Waals surface area contributed by atoms with Gasteiger partial charge in [-0.05, 0) is 24.4 Å². The molecule has 2 aliphatic rings. The number of piperazine rings is 1. The second-order valence-electron chi connectivity index (χ2n) is 9.71. The molecular weight excluding hydrogens is 462 g/mol. The van der Waals surface area contributed by atoms with Crippen LogP contribution in [0.4, 0.5) is 0 Å². The predicted molar refractivity (Wildman–Crippen MR) is 140 cm³/mol. The van der Waals surface area contributed by atoms with Gasteiger partial charge in [-0.25, -0.2) is 13.5 Å². The number of imidazole rings is 1. The third-order valence-electron chi connectivity index (χ3n) is 7.30. The largest absolute Gasteiger partial charge is 0.412 e. The number of carbonyl (C=O) groups excluding carboxylic acids is 1. The Labute approximate surface area is 212 Å². The van der Waals surface area contributed by atoms with E-state index in [1.54, 1.807) is 6.26 Å². The number of nitrogens with one attached hydrogen (secondary N) is 1. The van der Waals surface area contributed by atoms with Gasteiger partial charge in [-0.1, -0.05) is 62.4 Å². The molecule has 194 valence electrons. The summed E-state index contributed by atoms with van der Waals surface area (Å²) in [6.07, 6.45) is 14.1. The maximum atomic E-state index is 13.1. The van der Waals surface area contributed by atoms with Crippen molar-refractivity contribution in [3.05, 3.63) is 54.1 Å². The number of benzene rings is 1. The first-order chi connectivity index (χ1) is 16.6. The molecule has 1 aliphatic carbocycles. The fraction of sp³-hybridized carbons (Fsp3) is 0.615. The lowest BCUT2D eigenvalue weighted by Gasteiger charge is -2.39. The fourth-order valence-corrected chi connectivity index (χ4v) is 6.16. The van der Waals surface area contributed by atoms with Crippen molar-refractivity contribution in [1.82, 2.24) is 24.1 Å². The Morgan fingerprint density at radius 3 is 2.66 bits per heavy atom. The van der Waals surface area contributed by atoms with Crippen LogP contribution in [0.15, 0.2) is 42.9 Å². The molecule has 1 aliphatic heterocycles. The normalized spacial score (nSPS) is 20.8. The molecule has 0 radical (unpaired) electrons. The Bertz CT molecular complexity index is 932. The van der Waals surface area contributed by atoms with E-state index in [1.165, 1.54) is 44.1 Å². The second kappa shape index (κ2) is 13.9. The smallest absolute Gasteiger partial charge is 0.239 e. The zero-order chi connectivity index (χ0) is 23.8. The molecule has 1 aromatic carbocycles. The van der Waals surface area contributed by atoms with Crippen molar-refractivity contribution >= 4 is 16.9 Å². The number of hydrogen-bond donors (Lipinski definition) is 1. The number of carbonyl (C=O) groups is 1. The molecule has 1 aromatic heterocycles. The summed E-state index contributed by atoms with van der Waals surface area (Å²) in [5.74, 6) is 0.812. The third-order valence-corrected chi connectivity index (χ3v) is 8.40. The number of nitrogens with zero attached hydrogens (tertiary/aromatic N) is 4. The van der Waals surface area contributed by atoms with Crippen LogP contribution in [-0.4, -0.2) is 79.4 Å². The molecule has 2 unspecified atom stereocenters. The minimum absolute atomic E-state index is 0. The Morgan fingerprint density at radius 2 is 1.91 bits per heavy atom. The molecule has 0 spiro atoms. The van der Waals surface area contributed by atoms with Crippen LogP contribution in [0.1, 0.15) is 49.8 Å². The predicted octanol–water partition coefficient (Wildman–Crippen LogP) is 2.02. The lowest BCUT2D eigenvalue weighted by atomic mass is 9.87.